The number of rotatable bonds is 0. The monoisotopic (exact) mass is 673 g/mol. The molecule has 2 aliphatic rings. The van der Waals surface area contributed by atoms with E-state index in [0.29, 0.717) is 5.92 Å². The Hall–Kier alpha value is -0.470. The molecule has 2 rings (SSSR count). The summed E-state index contributed by atoms with van der Waals surface area (Å²) in [6.45, 7) is 38.1. The largest absolute Gasteiger partial charge is 3.00 e. The van der Waals surface area contributed by atoms with Crippen LogP contribution in [-0.2, 0) is 91.0 Å². The molecule has 0 bridgehead atoms. The van der Waals surface area contributed by atoms with E-state index in [0.717, 1.165) is 0 Å². The predicted octanol–water partition coefficient (Wildman–Crippen LogP) is 3.03. The van der Waals surface area contributed by atoms with Crippen LogP contribution in [0.15, 0.2) is 23.3 Å². The summed E-state index contributed by atoms with van der Waals surface area (Å²) in [5.74, 6) is 3.44. The first kappa shape index (κ1) is 57.0. The van der Waals surface area contributed by atoms with Crippen LogP contribution in [0, 0.1) is 83.6 Å². The van der Waals surface area contributed by atoms with Gasteiger partial charge in [-0.3, -0.25) is 0 Å². The zero-order chi connectivity index (χ0) is 23.4. The van der Waals surface area contributed by atoms with Gasteiger partial charge in [0.1, 0.15) is 0 Å². The third-order valence-corrected chi connectivity index (χ3v) is 2.72. The molecule has 1 saturated carbocycles. The van der Waals surface area contributed by atoms with Gasteiger partial charge < -0.3 is 0 Å². The van der Waals surface area contributed by atoms with E-state index >= 15 is 0 Å². The standard InChI is InChI=1S/C13H15.7CO.3Ru/c1-9-7-10(2)12-5-4-6-13(12)11(3)8-9;7*1-2;;;/h4-8,10H,1-3H3;;;;;;;;;;/q;;;;;;;;3*+3. The van der Waals surface area contributed by atoms with Gasteiger partial charge in [-0.15, -0.1) is 0 Å². The van der Waals surface area contributed by atoms with E-state index in [9.17, 15) is 0 Å². The van der Waals surface area contributed by atoms with Gasteiger partial charge >= 0.3 is 138 Å². The summed E-state index contributed by atoms with van der Waals surface area (Å²) in [5, 5.41) is 0. The Morgan fingerprint density at radius 3 is 1.30 bits per heavy atom. The summed E-state index contributed by atoms with van der Waals surface area (Å²) in [5.41, 5.74) is 2.76. The second-order valence-electron chi connectivity index (χ2n) is 3.92. The topological polar surface area (TPSA) is 139 Å². The van der Waals surface area contributed by atoms with Gasteiger partial charge in [-0.05, 0) is 44.9 Å². The summed E-state index contributed by atoms with van der Waals surface area (Å²) in [7, 11) is 0. The van der Waals surface area contributed by atoms with Crippen LogP contribution >= 0.6 is 0 Å². The smallest absolute Gasteiger partial charge is 3.00 e. The van der Waals surface area contributed by atoms with Crippen molar-refractivity contribution in [2.45, 2.75) is 20.8 Å². The molecule has 0 saturated heterocycles. The molecule has 1 fully saturated rings. The van der Waals surface area contributed by atoms with Gasteiger partial charge in [0.15, 0.2) is 0 Å². The van der Waals surface area contributed by atoms with E-state index in [2.05, 4.69) is 98.7 Å². The molecule has 0 N–H and O–H groups in total. The zero-order valence-electron chi connectivity index (χ0n) is 15.9. The minimum atomic E-state index is 0. The van der Waals surface area contributed by atoms with Crippen LogP contribution in [0.4, 0.5) is 0 Å². The minimum absolute atomic E-state index is 0. The Labute approximate surface area is 217 Å². The van der Waals surface area contributed by atoms with Crippen molar-refractivity contribution in [3.63, 3.8) is 0 Å². The molecule has 0 aromatic heterocycles. The molecule has 0 heterocycles. The van der Waals surface area contributed by atoms with Gasteiger partial charge in [-0.2, -0.15) is 0 Å². The van der Waals surface area contributed by atoms with Gasteiger partial charge in [0.2, 0.25) is 0 Å². The zero-order valence-corrected chi connectivity index (χ0v) is 21.1. The normalized spacial score (nSPS) is 13.8. The van der Waals surface area contributed by atoms with Crippen LogP contribution in [-0.4, -0.2) is 0 Å². The van der Waals surface area contributed by atoms with Crippen LogP contribution < -0.4 is 0 Å². The molecule has 152 valence electrons. The second-order valence-corrected chi connectivity index (χ2v) is 3.92. The fraction of sp³-hybridized carbons (Fsp3) is 0.200. The fourth-order valence-corrected chi connectivity index (χ4v) is 2.14. The first-order chi connectivity index (χ1) is 13.2. The van der Waals surface area contributed by atoms with Crippen molar-refractivity contribution in [2.24, 2.45) is 5.92 Å². The quantitative estimate of drug-likeness (QED) is 0.213. The van der Waals surface area contributed by atoms with Crippen molar-refractivity contribution >= 4 is 0 Å². The van der Waals surface area contributed by atoms with E-state index < -0.39 is 0 Å². The van der Waals surface area contributed by atoms with Crippen molar-refractivity contribution in [1.29, 1.82) is 0 Å². The molecule has 1 unspecified atom stereocenters. The fourth-order valence-electron chi connectivity index (χ4n) is 2.14. The molecule has 0 aliphatic heterocycles. The molecule has 0 amide bonds. The Bertz CT molecular complexity index is 482. The first-order valence-corrected chi connectivity index (χ1v) is 6.24. The van der Waals surface area contributed by atoms with E-state index in [4.69, 9.17) is 32.6 Å². The SMILES string of the molecule is CC1=CC(C)[C]2[CH][CH][CH][C]2C(C)=C1.[C-]#[O+].[C-]#[O+].[C-]#[O+].[C-]#[O+].[C-]#[O+].[C-]#[O+].[C-]#[O+].[Ru+3].[Ru+3].[Ru+3]. The summed E-state index contributed by atoms with van der Waals surface area (Å²) >= 11 is 0. The first-order valence-electron chi connectivity index (χ1n) is 6.24. The molecule has 30 heavy (non-hydrogen) atoms. The van der Waals surface area contributed by atoms with Gasteiger partial charge in [0, 0.05) is 5.92 Å². The van der Waals surface area contributed by atoms with Gasteiger partial charge in [-0.25, -0.2) is 0 Å². The van der Waals surface area contributed by atoms with Gasteiger partial charge in [0.25, 0.3) is 0 Å². The Morgan fingerprint density at radius 1 is 0.633 bits per heavy atom. The molecule has 10 heteroatoms. The molecule has 0 spiro atoms. The predicted molar refractivity (Wildman–Crippen MR) is 83.6 cm³/mol. The molecule has 8 radical (unpaired) electrons. The molecule has 1 atom stereocenters. The van der Waals surface area contributed by atoms with Crippen LogP contribution in [0.5, 0.6) is 0 Å². The Kier molecular flexibility index (Phi) is 108. The molecule has 0 aromatic rings. The maximum absolute atomic E-state index is 7.50. The van der Waals surface area contributed by atoms with E-state index in [-0.39, 0.29) is 58.4 Å². The molecular weight excluding hydrogens is 655 g/mol. The average molecular weight is 671 g/mol. The Balaban J connectivity index is -0.0000000322. The third-order valence-electron chi connectivity index (χ3n) is 2.72. The van der Waals surface area contributed by atoms with Crippen molar-refractivity contribution in [3.8, 4) is 0 Å². The number of allylic oxidation sites excluding steroid dienone is 4. The van der Waals surface area contributed by atoms with Crippen molar-refractivity contribution in [2.75, 3.05) is 0 Å². The molecule has 0 aromatic carbocycles. The summed E-state index contributed by atoms with van der Waals surface area (Å²) < 4.78 is 52.5. The van der Waals surface area contributed by atoms with Gasteiger partial charge in [-0.1, -0.05) is 30.2 Å². The third kappa shape index (κ3) is 29.7. The van der Waals surface area contributed by atoms with Crippen LogP contribution in [0.3, 0.4) is 0 Å². The van der Waals surface area contributed by atoms with Crippen molar-refractivity contribution in [1.82, 2.24) is 0 Å². The maximum atomic E-state index is 7.50. The summed E-state index contributed by atoms with van der Waals surface area (Å²) in [6, 6.07) is 0. The molecule has 2 aliphatic carbocycles. The van der Waals surface area contributed by atoms with Crippen molar-refractivity contribution < 1.29 is 91.0 Å². The average Bonchev–Trinajstić information content (AvgIpc) is 3.25. The number of hydrogen-bond acceptors (Lipinski definition) is 0. The second kappa shape index (κ2) is 56.7. The minimum Gasteiger partial charge on any atom is 3.00 e. The van der Waals surface area contributed by atoms with E-state index in [1.165, 1.54) is 23.0 Å². The van der Waals surface area contributed by atoms with Gasteiger partial charge in [0.05, 0.1) is 0 Å². The Morgan fingerprint density at radius 2 is 0.967 bits per heavy atom. The maximum Gasteiger partial charge on any atom is 3.00 e. The summed E-state index contributed by atoms with van der Waals surface area (Å²) in [6.07, 6.45) is 11.2. The number of fused-ring (bicyclic) bond motifs is 1. The van der Waals surface area contributed by atoms with Crippen LogP contribution in [0.1, 0.15) is 20.8 Å². The van der Waals surface area contributed by atoms with Crippen LogP contribution in [0.2, 0.25) is 0 Å². The van der Waals surface area contributed by atoms with E-state index in [1.807, 2.05) is 0 Å². The number of hydrogen-bond donors (Lipinski definition) is 0. The molecule has 7 nitrogen and oxygen atoms in total. The van der Waals surface area contributed by atoms with E-state index in [1.54, 1.807) is 0 Å². The molecular formula is C20H15O7Ru3+9. The summed E-state index contributed by atoms with van der Waals surface area (Å²) in [4.78, 5) is 0. The van der Waals surface area contributed by atoms with Crippen LogP contribution in [0.25, 0.3) is 0 Å². The van der Waals surface area contributed by atoms with Crippen molar-refractivity contribution in [3.05, 3.63) is 101 Å².